The maximum atomic E-state index is 3.60. The molecule has 1 heteroatoms. The van der Waals surface area contributed by atoms with E-state index in [0.717, 1.165) is 12.0 Å². The number of allylic oxidation sites excluding steroid dienone is 1. The fourth-order valence-electron chi connectivity index (χ4n) is 2.00. The standard InChI is InChI=1S/C12H23N/c1-9(2)11-5-7-12(8-6-11)13-10(3)4/h5,9-10,12-13H,6-8H2,1-4H3. The van der Waals surface area contributed by atoms with Crippen LogP contribution in [-0.2, 0) is 0 Å². The first kappa shape index (κ1) is 10.8. The summed E-state index contributed by atoms with van der Waals surface area (Å²) in [7, 11) is 0. The Hall–Kier alpha value is -0.300. The predicted molar refractivity (Wildman–Crippen MR) is 58.8 cm³/mol. The van der Waals surface area contributed by atoms with Crippen LogP contribution in [0.5, 0.6) is 0 Å². The molecule has 0 saturated carbocycles. The van der Waals surface area contributed by atoms with E-state index in [4.69, 9.17) is 0 Å². The van der Waals surface area contributed by atoms with Gasteiger partial charge in [0, 0.05) is 12.1 Å². The third-order valence-electron chi connectivity index (χ3n) is 2.76. The molecule has 76 valence electrons. The molecule has 1 nitrogen and oxygen atoms in total. The van der Waals surface area contributed by atoms with Gasteiger partial charge in [0.15, 0.2) is 0 Å². The van der Waals surface area contributed by atoms with Crippen LogP contribution in [0.15, 0.2) is 11.6 Å². The maximum absolute atomic E-state index is 3.60. The summed E-state index contributed by atoms with van der Waals surface area (Å²) < 4.78 is 0. The van der Waals surface area contributed by atoms with Crippen molar-refractivity contribution in [1.82, 2.24) is 5.32 Å². The summed E-state index contributed by atoms with van der Waals surface area (Å²) in [5.74, 6) is 0.750. The minimum atomic E-state index is 0.624. The van der Waals surface area contributed by atoms with Crippen molar-refractivity contribution in [1.29, 1.82) is 0 Å². The van der Waals surface area contributed by atoms with E-state index in [-0.39, 0.29) is 0 Å². The highest BCUT2D eigenvalue weighted by atomic mass is 14.9. The molecule has 13 heavy (non-hydrogen) atoms. The Labute approximate surface area is 82.6 Å². The van der Waals surface area contributed by atoms with Gasteiger partial charge in [0.1, 0.15) is 0 Å². The Morgan fingerprint density at radius 1 is 1.31 bits per heavy atom. The first-order valence-corrected chi connectivity index (χ1v) is 5.54. The summed E-state index contributed by atoms with van der Waals surface area (Å²) in [5.41, 5.74) is 1.65. The molecule has 0 saturated heterocycles. The van der Waals surface area contributed by atoms with Gasteiger partial charge in [0.2, 0.25) is 0 Å². The molecule has 1 aliphatic rings. The molecule has 0 aliphatic heterocycles. The fraction of sp³-hybridized carbons (Fsp3) is 0.833. The van der Waals surface area contributed by atoms with Crippen molar-refractivity contribution in [3.63, 3.8) is 0 Å². The molecule has 0 aromatic rings. The molecule has 1 N–H and O–H groups in total. The second-order valence-corrected chi connectivity index (χ2v) is 4.73. The third kappa shape index (κ3) is 3.51. The lowest BCUT2D eigenvalue weighted by Crippen LogP contribution is -2.35. The summed E-state index contributed by atoms with van der Waals surface area (Å²) in [6.07, 6.45) is 6.28. The van der Waals surface area contributed by atoms with Gasteiger partial charge in [-0.3, -0.25) is 0 Å². The number of rotatable bonds is 3. The van der Waals surface area contributed by atoms with Crippen LogP contribution in [0.1, 0.15) is 47.0 Å². The zero-order chi connectivity index (χ0) is 9.84. The van der Waals surface area contributed by atoms with E-state index in [1.54, 1.807) is 5.57 Å². The Bertz CT molecular complexity index is 180. The van der Waals surface area contributed by atoms with Crippen molar-refractivity contribution in [3.05, 3.63) is 11.6 Å². The molecule has 0 bridgehead atoms. The Morgan fingerprint density at radius 2 is 2.00 bits per heavy atom. The summed E-state index contributed by atoms with van der Waals surface area (Å²) in [5, 5.41) is 3.60. The number of hydrogen-bond donors (Lipinski definition) is 1. The highest BCUT2D eigenvalue weighted by Crippen LogP contribution is 2.24. The highest BCUT2D eigenvalue weighted by Gasteiger charge is 2.15. The van der Waals surface area contributed by atoms with Gasteiger partial charge in [-0.1, -0.05) is 39.3 Å². The second-order valence-electron chi connectivity index (χ2n) is 4.73. The summed E-state index contributed by atoms with van der Waals surface area (Å²) in [4.78, 5) is 0. The molecule has 0 heterocycles. The Morgan fingerprint density at radius 3 is 2.38 bits per heavy atom. The lowest BCUT2D eigenvalue weighted by Gasteiger charge is -2.26. The predicted octanol–water partition coefficient (Wildman–Crippen LogP) is 3.12. The van der Waals surface area contributed by atoms with Crippen LogP contribution < -0.4 is 5.32 Å². The highest BCUT2D eigenvalue weighted by molar-refractivity contribution is 5.10. The summed E-state index contributed by atoms with van der Waals surface area (Å²) in [6, 6.07) is 1.35. The number of hydrogen-bond acceptors (Lipinski definition) is 1. The molecular formula is C12H23N. The van der Waals surface area contributed by atoms with Gasteiger partial charge < -0.3 is 5.32 Å². The molecule has 0 spiro atoms. The van der Waals surface area contributed by atoms with E-state index in [1.807, 2.05) is 0 Å². The molecule has 0 radical (unpaired) electrons. The van der Waals surface area contributed by atoms with Crippen LogP contribution in [0.2, 0.25) is 0 Å². The SMILES string of the molecule is CC(C)NC1CC=C(C(C)C)CC1. The van der Waals surface area contributed by atoms with Crippen LogP contribution in [0.25, 0.3) is 0 Å². The fourth-order valence-corrected chi connectivity index (χ4v) is 2.00. The van der Waals surface area contributed by atoms with Crippen molar-refractivity contribution >= 4 is 0 Å². The van der Waals surface area contributed by atoms with Crippen molar-refractivity contribution < 1.29 is 0 Å². The quantitative estimate of drug-likeness (QED) is 0.660. The molecule has 0 fully saturated rings. The van der Waals surface area contributed by atoms with Gasteiger partial charge in [-0.2, -0.15) is 0 Å². The van der Waals surface area contributed by atoms with E-state index in [9.17, 15) is 0 Å². The lowest BCUT2D eigenvalue weighted by molar-refractivity contribution is 0.420. The molecule has 1 aliphatic carbocycles. The van der Waals surface area contributed by atoms with Crippen LogP contribution in [-0.4, -0.2) is 12.1 Å². The van der Waals surface area contributed by atoms with Gasteiger partial charge in [0.25, 0.3) is 0 Å². The first-order chi connectivity index (χ1) is 6.09. The van der Waals surface area contributed by atoms with Crippen molar-refractivity contribution in [2.24, 2.45) is 5.92 Å². The van der Waals surface area contributed by atoms with Gasteiger partial charge in [-0.15, -0.1) is 0 Å². The van der Waals surface area contributed by atoms with Crippen molar-refractivity contribution in [2.45, 2.75) is 59.0 Å². The molecule has 0 aromatic carbocycles. The normalized spacial score (nSPS) is 23.8. The molecular weight excluding hydrogens is 158 g/mol. The second kappa shape index (κ2) is 4.80. The van der Waals surface area contributed by atoms with Gasteiger partial charge in [-0.25, -0.2) is 0 Å². The van der Waals surface area contributed by atoms with Crippen LogP contribution in [0, 0.1) is 5.92 Å². The molecule has 1 atom stereocenters. The zero-order valence-corrected chi connectivity index (χ0v) is 9.43. The van der Waals surface area contributed by atoms with Gasteiger partial charge in [-0.05, 0) is 25.2 Å². The molecule has 0 amide bonds. The minimum absolute atomic E-state index is 0.624. The van der Waals surface area contributed by atoms with Crippen LogP contribution >= 0.6 is 0 Å². The molecule has 1 unspecified atom stereocenters. The van der Waals surface area contributed by atoms with E-state index in [1.165, 1.54) is 19.3 Å². The van der Waals surface area contributed by atoms with E-state index >= 15 is 0 Å². The maximum Gasteiger partial charge on any atom is 0.0107 e. The van der Waals surface area contributed by atoms with Crippen LogP contribution in [0.4, 0.5) is 0 Å². The zero-order valence-electron chi connectivity index (χ0n) is 9.43. The smallest absolute Gasteiger partial charge is 0.0107 e. The lowest BCUT2D eigenvalue weighted by atomic mass is 9.88. The Kier molecular flexibility index (Phi) is 3.98. The Balaban J connectivity index is 2.37. The van der Waals surface area contributed by atoms with Gasteiger partial charge >= 0.3 is 0 Å². The van der Waals surface area contributed by atoms with Gasteiger partial charge in [0.05, 0.1) is 0 Å². The largest absolute Gasteiger partial charge is 0.311 e. The van der Waals surface area contributed by atoms with E-state index in [0.29, 0.717) is 6.04 Å². The molecule has 1 rings (SSSR count). The number of nitrogens with one attached hydrogen (secondary N) is 1. The first-order valence-electron chi connectivity index (χ1n) is 5.54. The summed E-state index contributed by atoms with van der Waals surface area (Å²) >= 11 is 0. The van der Waals surface area contributed by atoms with Crippen molar-refractivity contribution in [2.75, 3.05) is 0 Å². The van der Waals surface area contributed by atoms with E-state index < -0.39 is 0 Å². The minimum Gasteiger partial charge on any atom is -0.311 e. The van der Waals surface area contributed by atoms with Crippen molar-refractivity contribution in [3.8, 4) is 0 Å². The monoisotopic (exact) mass is 181 g/mol. The average molecular weight is 181 g/mol. The topological polar surface area (TPSA) is 12.0 Å². The third-order valence-corrected chi connectivity index (χ3v) is 2.76. The van der Waals surface area contributed by atoms with E-state index in [2.05, 4.69) is 39.1 Å². The van der Waals surface area contributed by atoms with Crippen LogP contribution in [0.3, 0.4) is 0 Å². The molecule has 0 aromatic heterocycles. The average Bonchev–Trinajstić information content (AvgIpc) is 2.04. The summed E-state index contributed by atoms with van der Waals surface area (Å²) in [6.45, 7) is 9.04.